The summed E-state index contributed by atoms with van der Waals surface area (Å²) in [5, 5.41) is 2.93. The molecule has 2 nitrogen and oxygen atoms in total. The number of hydrogen-bond acceptors (Lipinski definition) is 1. The number of alkyl halides is 2. The highest BCUT2D eigenvalue weighted by atomic mass is 79.9. The molecule has 2 rings (SSSR count). The lowest BCUT2D eigenvalue weighted by molar-refractivity contribution is -0.117. The Bertz CT molecular complexity index is 585. The molecule has 0 unspecified atom stereocenters. The second kappa shape index (κ2) is 5.91. The lowest BCUT2D eigenvalue weighted by Gasteiger charge is -2.36. The average Bonchev–Trinajstić information content (AvgIpc) is 2.26. The Hall–Kier alpha value is -0.970. The molecular formula is C17H22BrF2NO. The number of nitrogens with one attached hydrogen (secondary N) is 1. The molecule has 0 aliphatic heterocycles. The summed E-state index contributed by atoms with van der Waals surface area (Å²) in [5.74, 6) is -2.85. The Labute approximate surface area is 138 Å². The monoisotopic (exact) mass is 373 g/mol. The van der Waals surface area contributed by atoms with Gasteiger partial charge in [-0.15, -0.1) is 0 Å². The van der Waals surface area contributed by atoms with Gasteiger partial charge in [0.1, 0.15) is 0 Å². The summed E-state index contributed by atoms with van der Waals surface area (Å²) in [6.45, 7) is 7.87. The molecule has 1 fully saturated rings. The fourth-order valence-corrected chi connectivity index (χ4v) is 3.40. The van der Waals surface area contributed by atoms with E-state index in [2.05, 4.69) is 21.2 Å². The molecule has 1 aromatic rings. The molecule has 0 spiro atoms. The van der Waals surface area contributed by atoms with Crippen molar-refractivity contribution in [3.05, 3.63) is 27.7 Å². The quantitative estimate of drug-likeness (QED) is 0.728. The molecule has 1 aliphatic rings. The third-order valence-corrected chi connectivity index (χ3v) is 4.27. The molecule has 1 aliphatic carbocycles. The van der Waals surface area contributed by atoms with Gasteiger partial charge in [-0.3, -0.25) is 4.79 Å². The van der Waals surface area contributed by atoms with E-state index in [4.69, 9.17) is 0 Å². The molecule has 1 saturated carbocycles. The molecule has 0 radical (unpaired) electrons. The smallest absolute Gasteiger partial charge is 0.249 e. The number of halogens is 3. The summed E-state index contributed by atoms with van der Waals surface area (Å²) < 4.78 is 27.2. The summed E-state index contributed by atoms with van der Waals surface area (Å²) >= 11 is 3.41. The van der Waals surface area contributed by atoms with Gasteiger partial charge in [0.25, 0.3) is 0 Å². The van der Waals surface area contributed by atoms with Crippen LogP contribution in [0.5, 0.6) is 0 Å². The van der Waals surface area contributed by atoms with Gasteiger partial charge in [0, 0.05) is 29.4 Å². The van der Waals surface area contributed by atoms with E-state index in [0.717, 1.165) is 15.6 Å². The van der Waals surface area contributed by atoms with Crippen LogP contribution in [0.15, 0.2) is 16.6 Å². The minimum Gasteiger partial charge on any atom is -0.326 e. The highest BCUT2D eigenvalue weighted by Crippen LogP contribution is 2.51. The van der Waals surface area contributed by atoms with Crippen molar-refractivity contribution < 1.29 is 13.6 Å². The summed E-state index contributed by atoms with van der Waals surface area (Å²) in [6, 6.07) is 3.74. The number of amides is 1. The van der Waals surface area contributed by atoms with Crippen molar-refractivity contribution in [2.45, 2.75) is 58.8 Å². The van der Waals surface area contributed by atoms with E-state index >= 15 is 0 Å². The Kier molecular flexibility index (Phi) is 4.67. The summed E-state index contributed by atoms with van der Waals surface area (Å²) in [4.78, 5) is 12.2. The van der Waals surface area contributed by atoms with E-state index in [-0.39, 0.29) is 30.1 Å². The van der Waals surface area contributed by atoms with Gasteiger partial charge in [0.15, 0.2) is 0 Å². The predicted octanol–water partition coefficient (Wildman–Crippen LogP) is 5.64. The van der Waals surface area contributed by atoms with Crippen molar-refractivity contribution >= 4 is 27.5 Å². The van der Waals surface area contributed by atoms with Gasteiger partial charge in [0.2, 0.25) is 11.8 Å². The van der Waals surface area contributed by atoms with E-state index in [9.17, 15) is 13.6 Å². The van der Waals surface area contributed by atoms with Crippen molar-refractivity contribution in [1.29, 1.82) is 0 Å². The van der Waals surface area contributed by atoms with Gasteiger partial charge in [-0.2, -0.15) is 0 Å². The molecule has 0 heterocycles. The lowest BCUT2D eigenvalue weighted by atomic mass is 9.75. The maximum absolute atomic E-state index is 13.2. The van der Waals surface area contributed by atoms with Gasteiger partial charge in [0.05, 0.1) is 0 Å². The second-order valence-electron chi connectivity index (χ2n) is 7.43. The van der Waals surface area contributed by atoms with E-state index in [1.807, 2.05) is 39.8 Å². The molecule has 1 amide bonds. The minimum absolute atomic E-state index is 0.0785. The number of carbonyl (C=O) groups excluding carboxylic acids is 1. The van der Waals surface area contributed by atoms with Gasteiger partial charge >= 0.3 is 0 Å². The van der Waals surface area contributed by atoms with Crippen LogP contribution in [0.2, 0.25) is 0 Å². The van der Waals surface area contributed by atoms with Crippen LogP contribution in [-0.4, -0.2) is 11.8 Å². The van der Waals surface area contributed by atoms with E-state index in [0.29, 0.717) is 12.1 Å². The third kappa shape index (κ3) is 4.28. The lowest BCUT2D eigenvalue weighted by Crippen LogP contribution is -2.34. The zero-order chi connectivity index (χ0) is 16.7. The Balaban J connectivity index is 2.25. The number of benzene rings is 1. The van der Waals surface area contributed by atoms with Crippen molar-refractivity contribution in [3.8, 4) is 0 Å². The first-order valence-corrected chi connectivity index (χ1v) is 8.24. The van der Waals surface area contributed by atoms with Crippen molar-refractivity contribution in [1.82, 2.24) is 0 Å². The van der Waals surface area contributed by atoms with Gasteiger partial charge in [-0.25, -0.2) is 8.78 Å². The highest BCUT2D eigenvalue weighted by molar-refractivity contribution is 9.10. The molecule has 122 valence electrons. The normalized spacial score (nSPS) is 18.0. The molecule has 0 bridgehead atoms. The van der Waals surface area contributed by atoms with Crippen LogP contribution < -0.4 is 5.32 Å². The van der Waals surface area contributed by atoms with Crippen LogP contribution in [0, 0.1) is 12.3 Å². The average molecular weight is 374 g/mol. The molecule has 5 heteroatoms. The van der Waals surface area contributed by atoms with Crippen LogP contribution in [0.4, 0.5) is 14.5 Å². The van der Waals surface area contributed by atoms with Crippen molar-refractivity contribution in [2.24, 2.45) is 5.41 Å². The molecule has 1 N–H and O–H groups in total. The number of aryl methyl sites for hydroxylation is 1. The molecular weight excluding hydrogens is 352 g/mol. The number of anilines is 1. The second-order valence-corrected chi connectivity index (χ2v) is 8.35. The highest BCUT2D eigenvalue weighted by Gasteiger charge is 2.46. The summed E-state index contributed by atoms with van der Waals surface area (Å²) in [6.07, 6.45) is 0.0961. The summed E-state index contributed by atoms with van der Waals surface area (Å²) in [5.41, 5.74) is 2.27. The first-order chi connectivity index (χ1) is 9.97. The first-order valence-electron chi connectivity index (χ1n) is 7.45. The van der Waals surface area contributed by atoms with Gasteiger partial charge < -0.3 is 5.32 Å². The SMILES string of the molecule is Cc1cc(Br)cc(C2CC(F)(F)C2)c1NC(=O)CC(C)(C)C. The molecule has 1 aromatic carbocycles. The maximum Gasteiger partial charge on any atom is 0.249 e. The number of hydrogen-bond donors (Lipinski definition) is 1. The Morgan fingerprint density at radius 2 is 1.95 bits per heavy atom. The van der Waals surface area contributed by atoms with Crippen molar-refractivity contribution in [3.63, 3.8) is 0 Å². The van der Waals surface area contributed by atoms with Crippen LogP contribution in [0.1, 0.15) is 57.1 Å². The third-order valence-electron chi connectivity index (χ3n) is 3.82. The number of rotatable bonds is 3. The maximum atomic E-state index is 13.2. The van der Waals surface area contributed by atoms with E-state index in [1.165, 1.54) is 0 Å². The molecule has 0 atom stereocenters. The van der Waals surface area contributed by atoms with E-state index in [1.54, 1.807) is 0 Å². The molecule has 0 aromatic heterocycles. The zero-order valence-corrected chi connectivity index (χ0v) is 15.0. The molecule has 0 saturated heterocycles. The van der Waals surface area contributed by atoms with Gasteiger partial charge in [-0.05, 0) is 41.5 Å². The van der Waals surface area contributed by atoms with Gasteiger partial charge in [-0.1, -0.05) is 36.7 Å². The predicted molar refractivity (Wildman–Crippen MR) is 88.5 cm³/mol. The Morgan fingerprint density at radius 3 is 2.45 bits per heavy atom. The van der Waals surface area contributed by atoms with Crippen LogP contribution in [0.3, 0.4) is 0 Å². The Morgan fingerprint density at radius 1 is 1.36 bits per heavy atom. The fraction of sp³-hybridized carbons (Fsp3) is 0.588. The molecule has 22 heavy (non-hydrogen) atoms. The van der Waals surface area contributed by atoms with Crippen LogP contribution in [0.25, 0.3) is 0 Å². The largest absolute Gasteiger partial charge is 0.326 e. The minimum atomic E-state index is -2.58. The zero-order valence-electron chi connectivity index (χ0n) is 13.4. The topological polar surface area (TPSA) is 29.1 Å². The number of carbonyl (C=O) groups is 1. The summed E-state index contributed by atoms with van der Waals surface area (Å²) in [7, 11) is 0. The van der Waals surface area contributed by atoms with Crippen LogP contribution in [-0.2, 0) is 4.79 Å². The van der Waals surface area contributed by atoms with Crippen molar-refractivity contribution in [2.75, 3.05) is 5.32 Å². The first kappa shape index (κ1) is 17.4. The van der Waals surface area contributed by atoms with Crippen LogP contribution >= 0.6 is 15.9 Å². The van der Waals surface area contributed by atoms with E-state index < -0.39 is 5.92 Å². The standard InChI is InChI=1S/C17H22BrF2NO/c1-10-5-12(18)6-13(11-7-17(19,20)8-11)15(10)21-14(22)9-16(2,3)4/h5-6,11H,7-9H2,1-4H3,(H,21,22). The fourth-order valence-electron chi connectivity index (χ4n) is 2.81.